The van der Waals surface area contributed by atoms with Crippen molar-refractivity contribution in [3.63, 3.8) is 0 Å². The van der Waals surface area contributed by atoms with Crippen molar-refractivity contribution < 1.29 is 8.83 Å². The zero-order chi connectivity index (χ0) is 85.8. The molecule has 0 saturated carbocycles. The van der Waals surface area contributed by atoms with Crippen LogP contribution in [0.25, 0.3) is 144 Å². The van der Waals surface area contributed by atoms with Gasteiger partial charge in [-0.05, 0) is 231 Å². The lowest BCUT2D eigenvalue weighted by molar-refractivity contribution is 0.399. The number of furan rings is 2. The zero-order valence-electron chi connectivity index (χ0n) is 76.2. The van der Waals surface area contributed by atoms with Gasteiger partial charge in [-0.15, -0.1) is 0 Å². The molecule has 0 N–H and O–H groups in total. The predicted octanol–water partition coefficient (Wildman–Crippen LogP) is 36.5. The van der Waals surface area contributed by atoms with Crippen LogP contribution < -0.4 is 4.90 Å². The van der Waals surface area contributed by atoms with Gasteiger partial charge in [0.25, 0.3) is 0 Å². The van der Waals surface area contributed by atoms with Gasteiger partial charge >= 0.3 is 0 Å². The van der Waals surface area contributed by atoms with E-state index < -0.39 is 5.41 Å². The summed E-state index contributed by atoms with van der Waals surface area (Å²) in [6.45, 7) is 24.2. The van der Waals surface area contributed by atoms with Crippen LogP contribution in [0.15, 0.2) is 282 Å². The molecule has 0 unspecified atom stereocenters. The molecule has 0 fully saturated rings. The summed E-state index contributed by atoms with van der Waals surface area (Å²) >= 11 is 0. The van der Waals surface area contributed by atoms with Crippen molar-refractivity contribution in [1.29, 1.82) is 0 Å². The molecule has 0 saturated heterocycles. The highest BCUT2D eigenvalue weighted by Gasteiger charge is 2.51. The van der Waals surface area contributed by atoms with E-state index in [1.54, 1.807) is 11.1 Å². The third kappa shape index (κ3) is 13.1. The summed E-state index contributed by atoms with van der Waals surface area (Å²) < 4.78 is 14.6. The number of nitrogens with zero attached hydrogens (tertiary/aromatic N) is 1. The Morgan fingerprint density at radius 1 is 0.238 bits per heavy atom. The van der Waals surface area contributed by atoms with E-state index in [-0.39, 0.29) is 21.7 Å². The summed E-state index contributed by atoms with van der Waals surface area (Å²) in [5.74, 6) is 0. The lowest BCUT2D eigenvalue weighted by Crippen LogP contribution is -2.26. The Bertz CT molecular complexity index is 6860. The second-order valence-electron chi connectivity index (χ2n) is 39.8. The summed E-state index contributed by atoms with van der Waals surface area (Å²) in [7, 11) is 0. The molecule has 3 heteroatoms. The normalized spacial score (nSPS) is 15.0. The maximum atomic E-state index is 7.43. The highest BCUT2D eigenvalue weighted by atomic mass is 16.3. The van der Waals surface area contributed by atoms with Gasteiger partial charge in [0, 0.05) is 76.7 Å². The Kier molecular flexibility index (Phi) is 21.2. The van der Waals surface area contributed by atoms with Gasteiger partial charge in [0.15, 0.2) is 0 Å². The van der Waals surface area contributed by atoms with Crippen molar-refractivity contribution in [1.82, 2.24) is 0 Å². The molecule has 126 heavy (non-hydrogen) atoms. The molecule has 5 aliphatic rings. The van der Waals surface area contributed by atoms with Crippen molar-refractivity contribution in [3.05, 3.63) is 329 Å². The first kappa shape index (κ1) is 81.5. The molecule has 0 spiro atoms. The molecule has 2 aromatic heterocycles. The Morgan fingerprint density at radius 3 is 1.19 bits per heavy atom. The molecule has 5 aliphatic carbocycles. The van der Waals surface area contributed by atoms with Crippen LogP contribution in [0.2, 0.25) is 0 Å². The first-order valence-electron chi connectivity index (χ1n) is 48.6. The van der Waals surface area contributed by atoms with Crippen LogP contribution in [0.5, 0.6) is 0 Å². The number of hydrogen-bond donors (Lipinski definition) is 0. The van der Waals surface area contributed by atoms with Crippen LogP contribution in [0.3, 0.4) is 0 Å². The van der Waals surface area contributed by atoms with Crippen LogP contribution >= 0.6 is 0 Å². The third-order valence-corrected chi connectivity index (χ3v) is 31.2. The van der Waals surface area contributed by atoms with E-state index in [1.807, 2.05) is 0 Å². The minimum atomic E-state index is -0.395. The summed E-state index contributed by atoms with van der Waals surface area (Å²) in [5.41, 5.74) is 43.8. The molecule has 2 heterocycles. The van der Waals surface area contributed by atoms with Gasteiger partial charge < -0.3 is 13.7 Å². The summed E-state index contributed by atoms with van der Waals surface area (Å²) in [5, 5.41) is 4.81. The number of rotatable bonds is 31. The van der Waals surface area contributed by atoms with Gasteiger partial charge in [-0.25, -0.2) is 0 Å². The van der Waals surface area contributed by atoms with Crippen molar-refractivity contribution >= 4 is 60.9 Å². The van der Waals surface area contributed by atoms with Crippen molar-refractivity contribution in [2.75, 3.05) is 4.90 Å². The maximum Gasteiger partial charge on any atom is 0.144 e. The highest BCUT2D eigenvalue weighted by Crippen LogP contribution is 2.66. The third-order valence-electron chi connectivity index (χ3n) is 31.2. The summed E-state index contributed by atoms with van der Waals surface area (Å²) in [6.07, 6.45) is 29.7. The molecular weight excluding hydrogens is 1520 g/mol. The number of anilines is 3. The second kappa shape index (κ2) is 32.7. The standard InChI is InChI=1S/C123H123NO2/c1-11-15-19-23-40-70-122(71-41-24-20-16-12-2)100-52-36-30-47-89(100)92-67-62-85(76-104(92)122)84-61-66-91-90-65-60-83(74-101(90)119(5,6)102(91)75-84)80-56-58-82(59-57-80)98-79-106-110(112-96-49-33-38-54-108(96)125-117(98)112)95-69-64-87(78-105(95)123(106,72-42-25-21-17-13-3)73-43-26-22-18-14-4)124(107-53-37-32-46-88(107)81-44-28-27-29-45-81)86-63-68-94-103(77-86)121(9,10)115-111(94)113-97-50-34-39-55-109(97)126-118(113)114-93-48-31-35-51-99(93)120(7,8)116(114)115/h27-39,44-69,74-79H,11-26,40-43,70-73H2,1-10H3. The smallest absolute Gasteiger partial charge is 0.144 e. The molecule has 21 rings (SSSR count). The molecule has 0 radical (unpaired) electrons. The fourth-order valence-corrected chi connectivity index (χ4v) is 24.8. The molecule has 632 valence electrons. The second-order valence-corrected chi connectivity index (χ2v) is 39.8. The monoisotopic (exact) mass is 1650 g/mol. The molecular formula is C123H123NO2. The van der Waals surface area contributed by atoms with E-state index in [2.05, 4.69) is 347 Å². The topological polar surface area (TPSA) is 29.5 Å². The molecule has 0 bridgehead atoms. The number of para-hydroxylation sites is 3. The lowest BCUT2D eigenvalue weighted by Gasteiger charge is -2.35. The average Bonchev–Trinajstić information content (AvgIpc) is 1.51. The van der Waals surface area contributed by atoms with Gasteiger partial charge in [0.2, 0.25) is 0 Å². The van der Waals surface area contributed by atoms with E-state index in [0.717, 1.165) is 59.4 Å². The fourth-order valence-electron chi connectivity index (χ4n) is 24.8. The number of hydrogen-bond acceptors (Lipinski definition) is 3. The SMILES string of the molecule is CCCCCCCC1(CCCCCCC)c2ccccc2-c2ccc(-c3ccc4c(c3)C(C)(C)c3cc(-c5ccc(-c6cc7c(c8c6oc6ccccc68)-c6ccc(N(c8ccc9c(c8)C(C)(C)c8c%10c(c%11oc%12ccccc%12c%11c8-9)-c8ccccc8C%10(C)C)c8ccccc8-c8ccccc8)cc6C7(CCCCCCC)CCCCCCC)cc5)ccc3-4)cc21. The first-order chi connectivity index (χ1) is 61.6. The van der Waals surface area contributed by atoms with Crippen molar-refractivity contribution in [2.24, 2.45) is 0 Å². The van der Waals surface area contributed by atoms with E-state index in [0.29, 0.717) is 0 Å². The quantitative estimate of drug-likeness (QED) is 0.0406. The van der Waals surface area contributed by atoms with Crippen LogP contribution in [0.4, 0.5) is 17.1 Å². The Hall–Kier alpha value is -11.5. The Labute approximate surface area is 748 Å². The van der Waals surface area contributed by atoms with Gasteiger partial charge in [-0.3, -0.25) is 0 Å². The highest BCUT2D eigenvalue weighted by molar-refractivity contribution is 6.22. The number of fused-ring (bicyclic) bond motifs is 25. The Balaban J connectivity index is 0.676. The van der Waals surface area contributed by atoms with Gasteiger partial charge in [-0.1, -0.05) is 404 Å². The van der Waals surface area contributed by atoms with Gasteiger partial charge in [-0.2, -0.15) is 0 Å². The van der Waals surface area contributed by atoms with Crippen LogP contribution in [-0.4, -0.2) is 0 Å². The molecule has 0 aliphatic heterocycles. The van der Waals surface area contributed by atoms with Crippen LogP contribution in [0.1, 0.15) is 279 Å². The molecule has 16 aromatic rings. The minimum absolute atomic E-state index is 0.0366. The van der Waals surface area contributed by atoms with Crippen LogP contribution in [-0.2, 0) is 27.1 Å². The predicted molar refractivity (Wildman–Crippen MR) is 536 cm³/mol. The summed E-state index contributed by atoms with van der Waals surface area (Å²) in [6, 6.07) is 106. The number of unbranched alkanes of at least 4 members (excludes halogenated alkanes) is 16. The van der Waals surface area contributed by atoms with E-state index in [4.69, 9.17) is 8.83 Å². The average molecular weight is 1650 g/mol. The Morgan fingerprint density at radius 2 is 0.611 bits per heavy atom. The van der Waals surface area contributed by atoms with Crippen LogP contribution in [0, 0.1) is 0 Å². The maximum absolute atomic E-state index is 7.43. The van der Waals surface area contributed by atoms with E-state index >= 15 is 0 Å². The van der Waals surface area contributed by atoms with E-state index in [1.165, 1.54) is 300 Å². The fraction of sp³-hybridized carbons (Fsp3) is 0.317. The van der Waals surface area contributed by atoms with Gasteiger partial charge in [0.05, 0.1) is 5.69 Å². The van der Waals surface area contributed by atoms with Crippen molar-refractivity contribution in [2.45, 2.75) is 250 Å². The lowest BCUT2D eigenvalue weighted by atomic mass is 9.70. The molecule has 0 amide bonds. The molecule has 14 aromatic carbocycles. The first-order valence-corrected chi connectivity index (χ1v) is 48.6. The minimum Gasteiger partial charge on any atom is -0.455 e. The van der Waals surface area contributed by atoms with E-state index in [9.17, 15) is 0 Å². The largest absolute Gasteiger partial charge is 0.455 e. The summed E-state index contributed by atoms with van der Waals surface area (Å²) in [4.78, 5) is 2.64. The number of benzene rings is 14. The van der Waals surface area contributed by atoms with Crippen molar-refractivity contribution in [3.8, 4) is 100 Å². The zero-order valence-corrected chi connectivity index (χ0v) is 76.2. The van der Waals surface area contributed by atoms with Gasteiger partial charge in [0.1, 0.15) is 22.3 Å². The molecule has 3 nitrogen and oxygen atoms in total. The molecule has 0 atom stereocenters.